The molecule has 4 rings (SSSR count). The number of nitrogens with one attached hydrogen (secondary N) is 2. The monoisotopic (exact) mass is 371 g/mol. The van der Waals surface area contributed by atoms with Crippen molar-refractivity contribution in [3.05, 3.63) is 60.3 Å². The Hall–Kier alpha value is -3.16. The normalized spacial score (nSPS) is 14.0. The van der Waals surface area contributed by atoms with Gasteiger partial charge in [-0.05, 0) is 49.2 Å². The van der Waals surface area contributed by atoms with Crippen LogP contribution in [0.2, 0.25) is 0 Å². The van der Waals surface area contributed by atoms with Gasteiger partial charge in [0.1, 0.15) is 5.82 Å². The van der Waals surface area contributed by atoms with Gasteiger partial charge in [0.25, 0.3) is 0 Å². The molecule has 0 aliphatic heterocycles. The van der Waals surface area contributed by atoms with Crippen LogP contribution in [0, 0.1) is 0 Å². The third kappa shape index (κ3) is 4.33. The minimum Gasteiger partial charge on any atom is -0.351 e. The largest absolute Gasteiger partial charge is 0.416 e. The summed E-state index contributed by atoms with van der Waals surface area (Å²) in [6.07, 6.45) is -0.549. The lowest BCUT2D eigenvalue weighted by Crippen LogP contribution is -2.08. The van der Waals surface area contributed by atoms with Crippen LogP contribution in [0.5, 0.6) is 0 Å². The van der Waals surface area contributed by atoms with E-state index in [9.17, 15) is 13.2 Å². The summed E-state index contributed by atoms with van der Waals surface area (Å²) in [6.45, 7) is 0. The number of nitrogens with zero attached hydrogens (tertiary/aromatic N) is 3. The van der Waals surface area contributed by atoms with E-state index in [4.69, 9.17) is 0 Å². The summed E-state index contributed by atoms with van der Waals surface area (Å²) < 4.78 is 38.1. The van der Waals surface area contributed by atoms with Gasteiger partial charge in [-0.2, -0.15) is 18.2 Å². The van der Waals surface area contributed by atoms with Crippen molar-refractivity contribution >= 4 is 17.5 Å². The number of rotatable bonds is 5. The van der Waals surface area contributed by atoms with E-state index in [0.717, 1.165) is 25.0 Å². The first-order valence-corrected chi connectivity index (χ1v) is 8.49. The Morgan fingerprint density at radius 3 is 2.33 bits per heavy atom. The predicted octanol–water partition coefficient (Wildman–Crippen LogP) is 4.88. The molecule has 0 bridgehead atoms. The molecule has 0 amide bonds. The van der Waals surface area contributed by atoms with Gasteiger partial charge in [-0.1, -0.05) is 6.07 Å². The van der Waals surface area contributed by atoms with E-state index in [1.165, 1.54) is 12.1 Å². The van der Waals surface area contributed by atoms with Crippen LogP contribution in [0.25, 0.3) is 11.4 Å². The van der Waals surface area contributed by atoms with Gasteiger partial charge < -0.3 is 10.6 Å². The van der Waals surface area contributed by atoms with Gasteiger partial charge in [0.2, 0.25) is 5.95 Å². The van der Waals surface area contributed by atoms with Crippen LogP contribution in [-0.2, 0) is 6.18 Å². The fourth-order valence-corrected chi connectivity index (χ4v) is 2.52. The topological polar surface area (TPSA) is 62.7 Å². The number of halogens is 3. The third-order valence-electron chi connectivity index (χ3n) is 4.05. The van der Waals surface area contributed by atoms with Crippen molar-refractivity contribution in [2.24, 2.45) is 0 Å². The van der Waals surface area contributed by atoms with E-state index in [0.29, 0.717) is 34.9 Å². The van der Waals surface area contributed by atoms with Crippen LogP contribution >= 0.6 is 0 Å². The first-order chi connectivity index (χ1) is 13.0. The number of hydrogen-bond acceptors (Lipinski definition) is 5. The maximum absolute atomic E-state index is 12.7. The molecule has 1 aromatic carbocycles. The molecule has 8 heteroatoms. The van der Waals surface area contributed by atoms with Crippen molar-refractivity contribution in [3.63, 3.8) is 0 Å². The zero-order valence-electron chi connectivity index (χ0n) is 14.2. The lowest BCUT2D eigenvalue weighted by molar-refractivity contribution is -0.137. The Bertz CT molecular complexity index is 922. The Morgan fingerprint density at radius 2 is 1.70 bits per heavy atom. The maximum atomic E-state index is 12.7. The number of aromatic nitrogens is 3. The second-order valence-corrected chi connectivity index (χ2v) is 6.30. The van der Waals surface area contributed by atoms with Crippen LogP contribution in [-0.4, -0.2) is 21.0 Å². The quantitative estimate of drug-likeness (QED) is 0.670. The van der Waals surface area contributed by atoms with E-state index in [1.54, 1.807) is 12.3 Å². The first kappa shape index (κ1) is 17.3. The summed E-state index contributed by atoms with van der Waals surface area (Å²) in [4.78, 5) is 13.2. The molecule has 0 spiro atoms. The number of benzene rings is 1. The van der Waals surface area contributed by atoms with E-state index < -0.39 is 11.7 Å². The molecular weight excluding hydrogens is 355 g/mol. The standard InChI is InChI=1S/C19H16F3N5/c20-19(21,22)12-4-6-13(7-5-12)24-17-11-16(15-3-1-2-10-23-15)26-18(27-17)25-14-8-9-14/h1-7,10-11,14H,8-9H2,(H2,24,25,26,27). The van der Waals surface area contributed by atoms with Gasteiger partial charge in [-0.3, -0.25) is 4.98 Å². The molecule has 1 fully saturated rings. The van der Waals surface area contributed by atoms with E-state index in [1.807, 2.05) is 18.2 Å². The van der Waals surface area contributed by atoms with Gasteiger partial charge in [0.15, 0.2) is 0 Å². The minimum atomic E-state index is -4.36. The van der Waals surface area contributed by atoms with E-state index >= 15 is 0 Å². The molecule has 2 N–H and O–H groups in total. The van der Waals surface area contributed by atoms with Crippen LogP contribution < -0.4 is 10.6 Å². The SMILES string of the molecule is FC(F)(F)c1ccc(Nc2cc(-c3ccccn3)nc(NC3CC3)n2)cc1. The second kappa shape index (κ2) is 6.86. The van der Waals surface area contributed by atoms with Gasteiger partial charge in [0, 0.05) is 24.0 Å². The predicted molar refractivity (Wildman–Crippen MR) is 96.6 cm³/mol. The van der Waals surface area contributed by atoms with Gasteiger partial charge in [-0.15, -0.1) is 0 Å². The summed E-state index contributed by atoms with van der Waals surface area (Å²) in [5.41, 5.74) is 1.13. The Kier molecular flexibility index (Phi) is 4.39. The average molecular weight is 371 g/mol. The molecule has 3 aromatic rings. The van der Waals surface area contributed by atoms with Gasteiger partial charge >= 0.3 is 6.18 Å². The fraction of sp³-hybridized carbons (Fsp3) is 0.211. The zero-order chi connectivity index (χ0) is 18.9. The highest BCUT2D eigenvalue weighted by atomic mass is 19.4. The molecule has 0 saturated heterocycles. The molecular formula is C19H16F3N5. The summed E-state index contributed by atoms with van der Waals surface area (Å²) in [5, 5.41) is 6.28. The molecule has 1 saturated carbocycles. The summed E-state index contributed by atoms with van der Waals surface area (Å²) in [6, 6.07) is 12.4. The first-order valence-electron chi connectivity index (χ1n) is 8.49. The Morgan fingerprint density at radius 1 is 0.926 bits per heavy atom. The summed E-state index contributed by atoms with van der Waals surface area (Å²) >= 11 is 0. The Balaban J connectivity index is 1.63. The molecule has 2 heterocycles. The minimum absolute atomic E-state index is 0.364. The van der Waals surface area contributed by atoms with Crippen LogP contribution in [0.4, 0.5) is 30.6 Å². The summed E-state index contributed by atoms with van der Waals surface area (Å²) in [7, 11) is 0. The van der Waals surface area contributed by atoms with Crippen molar-refractivity contribution in [1.29, 1.82) is 0 Å². The third-order valence-corrected chi connectivity index (χ3v) is 4.05. The van der Waals surface area contributed by atoms with Crippen LogP contribution in [0.15, 0.2) is 54.7 Å². The van der Waals surface area contributed by atoms with E-state index in [-0.39, 0.29) is 0 Å². The molecule has 1 aliphatic rings. The van der Waals surface area contributed by atoms with Crippen molar-refractivity contribution < 1.29 is 13.2 Å². The van der Waals surface area contributed by atoms with Crippen molar-refractivity contribution in [3.8, 4) is 11.4 Å². The molecule has 0 unspecified atom stereocenters. The number of anilines is 3. The number of pyridine rings is 1. The summed E-state index contributed by atoms with van der Waals surface area (Å²) in [5.74, 6) is 0.948. The highest BCUT2D eigenvalue weighted by Crippen LogP contribution is 2.31. The molecule has 2 aromatic heterocycles. The molecule has 0 atom stereocenters. The lowest BCUT2D eigenvalue weighted by Gasteiger charge is -2.12. The Labute approximate surface area is 153 Å². The van der Waals surface area contributed by atoms with Crippen molar-refractivity contribution in [1.82, 2.24) is 15.0 Å². The van der Waals surface area contributed by atoms with Crippen LogP contribution in [0.1, 0.15) is 18.4 Å². The lowest BCUT2D eigenvalue weighted by atomic mass is 10.2. The van der Waals surface area contributed by atoms with Crippen molar-refractivity contribution in [2.45, 2.75) is 25.1 Å². The van der Waals surface area contributed by atoms with E-state index in [2.05, 4.69) is 25.6 Å². The highest BCUT2D eigenvalue weighted by Gasteiger charge is 2.30. The molecule has 5 nitrogen and oxygen atoms in total. The second-order valence-electron chi connectivity index (χ2n) is 6.30. The zero-order valence-corrected chi connectivity index (χ0v) is 14.2. The molecule has 0 radical (unpaired) electrons. The highest BCUT2D eigenvalue weighted by molar-refractivity contribution is 5.65. The van der Waals surface area contributed by atoms with Crippen LogP contribution in [0.3, 0.4) is 0 Å². The molecule has 27 heavy (non-hydrogen) atoms. The van der Waals surface area contributed by atoms with Gasteiger partial charge in [0.05, 0.1) is 17.0 Å². The van der Waals surface area contributed by atoms with Gasteiger partial charge in [-0.25, -0.2) is 4.98 Å². The van der Waals surface area contributed by atoms with Crippen molar-refractivity contribution in [2.75, 3.05) is 10.6 Å². The smallest absolute Gasteiger partial charge is 0.351 e. The average Bonchev–Trinajstić information content (AvgIpc) is 3.46. The fourth-order valence-electron chi connectivity index (χ4n) is 2.52. The number of hydrogen-bond donors (Lipinski definition) is 2. The molecule has 1 aliphatic carbocycles. The molecule has 138 valence electrons. The maximum Gasteiger partial charge on any atom is 0.416 e. The number of alkyl halides is 3.